The maximum Gasteiger partial charge on any atom is 0.255 e. The molecule has 32 heavy (non-hydrogen) atoms. The van der Waals surface area contributed by atoms with Crippen molar-refractivity contribution in [3.05, 3.63) is 82.9 Å². The third-order valence-corrected chi connectivity index (χ3v) is 7.31. The van der Waals surface area contributed by atoms with Crippen LogP contribution in [0.15, 0.2) is 65.0 Å². The minimum absolute atomic E-state index is 0.0611. The molecule has 1 heterocycles. The van der Waals surface area contributed by atoms with Crippen molar-refractivity contribution in [1.29, 1.82) is 0 Å². The van der Waals surface area contributed by atoms with Gasteiger partial charge in [0.15, 0.2) is 4.34 Å². The van der Waals surface area contributed by atoms with Crippen LogP contribution < -0.4 is 10.6 Å². The summed E-state index contributed by atoms with van der Waals surface area (Å²) in [5, 5.41) is 5.91. The molecule has 0 saturated heterocycles. The number of benzene rings is 3. The van der Waals surface area contributed by atoms with Crippen molar-refractivity contribution in [1.82, 2.24) is 4.98 Å². The van der Waals surface area contributed by atoms with Gasteiger partial charge in [-0.15, -0.1) is 11.3 Å². The number of thiazole rings is 1. The summed E-state index contributed by atoms with van der Waals surface area (Å²) in [5.74, 6) is 0.0742. The van der Waals surface area contributed by atoms with Gasteiger partial charge in [-0.3, -0.25) is 9.59 Å². The van der Waals surface area contributed by atoms with Crippen LogP contribution >= 0.6 is 23.1 Å². The lowest BCUT2D eigenvalue weighted by Gasteiger charge is -2.09. The lowest BCUT2D eigenvalue weighted by atomic mass is 10.1. The van der Waals surface area contributed by atoms with Crippen molar-refractivity contribution in [2.24, 2.45) is 0 Å². The Morgan fingerprint density at radius 1 is 0.969 bits per heavy atom. The minimum Gasteiger partial charge on any atom is -0.325 e. The van der Waals surface area contributed by atoms with Crippen LogP contribution in [-0.2, 0) is 4.79 Å². The van der Waals surface area contributed by atoms with Crippen LogP contribution in [0.2, 0.25) is 0 Å². The van der Waals surface area contributed by atoms with Crippen molar-refractivity contribution in [3.8, 4) is 0 Å². The monoisotopic (exact) mass is 461 g/mol. The second kappa shape index (κ2) is 9.54. The van der Waals surface area contributed by atoms with Crippen molar-refractivity contribution in [3.63, 3.8) is 0 Å². The number of carbonyl (C=O) groups excluding carboxylic acids is 2. The Morgan fingerprint density at radius 2 is 1.75 bits per heavy atom. The number of thioether (sulfide) groups is 1. The van der Waals surface area contributed by atoms with Gasteiger partial charge >= 0.3 is 0 Å². The Balaban J connectivity index is 1.39. The van der Waals surface area contributed by atoms with Crippen molar-refractivity contribution >= 4 is 56.5 Å². The molecule has 3 aromatic carbocycles. The Morgan fingerprint density at radius 3 is 2.53 bits per heavy atom. The quantitative estimate of drug-likeness (QED) is 0.335. The summed E-state index contributed by atoms with van der Waals surface area (Å²) >= 11 is 2.92. The third kappa shape index (κ3) is 5.18. The highest BCUT2D eigenvalue weighted by Gasteiger charge is 2.11. The Hall–Kier alpha value is -3.16. The number of rotatable bonds is 6. The van der Waals surface area contributed by atoms with Gasteiger partial charge in [-0.2, -0.15) is 0 Å². The summed E-state index contributed by atoms with van der Waals surface area (Å²) in [6.07, 6.45) is 0. The molecule has 0 aliphatic rings. The number of nitrogens with one attached hydrogen (secondary N) is 2. The number of aromatic nitrogens is 1. The van der Waals surface area contributed by atoms with Crippen LogP contribution in [-0.4, -0.2) is 22.6 Å². The normalized spacial score (nSPS) is 10.8. The molecule has 7 heteroatoms. The first-order valence-corrected chi connectivity index (χ1v) is 12.0. The number of aryl methyl sites for hydroxylation is 2. The summed E-state index contributed by atoms with van der Waals surface area (Å²) < 4.78 is 1.78. The molecule has 4 aromatic rings. The number of hydrogen-bond donors (Lipinski definition) is 2. The zero-order valence-corrected chi connectivity index (χ0v) is 19.7. The molecular weight excluding hydrogens is 438 g/mol. The van der Waals surface area contributed by atoms with Crippen molar-refractivity contribution in [2.45, 2.75) is 25.1 Å². The van der Waals surface area contributed by atoms with E-state index >= 15 is 0 Å². The maximum absolute atomic E-state index is 12.5. The van der Waals surface area contributed by atoms with Gasteiger partial charge in [0.2, 0.25) is 5.91 Å². The standard InChI is InChI=1S/C25H23N3O2S2/c1-15-7-9-18(10-8-15)24(30)26-19-11-12-21-22(13-19)32-25(28-21)31-14-23(29)27-20-6-4-5-16(2)17(20)3/h4-13H,14H2,1-3H3,(H,26,30)(H,27,29). The first-order chi connectivity index (χ1) is 15.4. The number of hydrogen-bond acceptors (Lipinski definition) is 5. The van der Waals surface area contributed by atoms with Gasteiger partial charge in [-0.05, 0) is 68.3 Å². The van der Waals surface area contributed by atoms with Crippen LogP contribution in [0, 0.1) is 20.8 Å². The molecule has 0 atom stereocenters. The zero-order chi connectivity index (χ0) is 22.7. The van der Waals surface area contributed by atoms with Crippen LogP contribution in [0.3, 0.4) is 0 Å². The molecule has 0 unspecified atom stereocenters. The summed E-state index contributed by atoms with van der Waals surface area (Å²) in [7, 11) is 0. The minimum atomic E-state index is -0.147. The summed E-state index contributed by atoms with van der Waals surface area (Å²) in [6.45, 7) is 6.02. The maximum atomic E-state index is 12.5. The second-order valence-electron chi connectivity index (χ2n) is 7.57. The molecule has 0 bridgehead atoms. The SMILES string of the molecule is Cc1ccc(C(=O)Nc2ccc3nc(SCC(=O)Nc4cccc(C)c4C)sc3c2)cc1. The molecule has 1 aromatic heterocycles. The molecular formula is C25H23N3O2S2. The number of anilines is 2. The van der Waals surface area contributed by atoms with Crippen molar-refractivity contribution < 1.29 is 9.59 Å². The molecule has 0 aliphatic heterocycles. The van der Waals surface area contributed by atoms with Gasteiger partial charge in [-0.1, -0.05) is 41.6 Å². The molecule has 0 aliphatic carbocycles. The van der Waals surface area contributed by atoms with E-state index in [0.717, 1.165) is 42.6 Å². The average Bonchev–Trinajstić information content (AvgIpc) is 3.18. The van der Waals surface area contributed by atoms with Gasteiger partial charge < -0.3 is 10.6 Å². The topological polar surface area (TPSA) is 71.1 Å². The molecule has 162 valence electrons. The van der Waals surface area contributed by atoms with Crippen LogP contribution in [0.1, 0.15) is 27.0 Å². The summed E-state index contributed by atoms with van der Waals surface area (Å²) in [5.41, 5.74) is 6.36. The lowest BCUT2D eigenvalue weighted by molar-refractivity contribution is -0.113. The zero-order valence-electron chi connectivity index (χ0n) is 18.1. The largest absolute Gasteiger partial charge is 0.325 e. The van der Waals surface area contributed by atoms with E-state index < -0.39 is 0 Å². The Bertz CT molecular complexity index is 1300. The highest BCUT2D eigenvalue weighted by Crippen LogP contribution is 2.31. The van der Waals surface area contributed by atoms with E-state index in [0.29, 0.717) is 5.56 Å². The number of carbonyl (C=O) groups is 2. The van der Waals surface area contributed by atoms with Gasteiger partial charge in [0, 0.05) is 16.9 Å². The smallest absolute Gasteiger partial charge is 0.255 e. The van der Waals surface area contributed by atoms with Crippen LogP contribution in [0.5, 0.6) is 0 Å². The lowest BCUT2D eigenvalue weighted by Crippen LogP contribution is -2.15. The highest BCUT2D eigenvalue weighted by atomic mass is 32.2. The highest BCUT2D eigenvalue weighted by molar-refractivity contribution is 8.01. The fourth-order valence-electron chi connectivity index (χ4n) is 3.15. The predicted octanol–water partition coefficient (Wildman–Crippen LogP) is 6.20. The fraction of sp³-hybridized carbons (Fsp3) is 0.160. The molecule has 0 fully saturated rings. The van der Waals surface area contributed by atoms with Crippen LogP contribution in [0.4, 0.5) is 11.4 Å². The van der Waals surface area contributed by atoms with E-state index in [9.17, 15) is 9.59 Å². The van der Waals surface area contributed by atoms with Crippen LogP contribution in [0.25, 0.3) is 10.2 Å². The first-order valence-electron chi connectivity index (χ1n) is 10.2. The van der Waals surface area contributed by atoms with Gasteiger partial charge in [0.1, 0.15) is 0 Å². The molecule has 2 amide bonds. The molecule has 0 saturated carbocycles. The van der Waals surface area contributed by atoms with E-state index in [2.05, 4.69) is 15.6 Å². The number of amides is 2. The summed E-state index contributed by atoms with van der Waals surface area (Å²) in [4.78, 5) is 29.5. The molecule has 0 spiro atoms. The fourth-order valence-corrected chi connectivity index (χ4v) is 5.06. The third-order valence-electron chi connectivity index (χ3n) is 5.15. The van der Waals surface area contributed by atoms with E-state index in [1.807, 2.05) is 81.4 Å². The van der Waals surface area contributed by atoms with Gasteiger partial charge in [-0.25, -0.2) is 4.98 Å². The van der Waals surface area contributed by atoms with Gasteiger partial charge in [0.05, 0.1) is 16.0 Å². The van der Waals surface area contributed by atoms with Crippen molar-refractivity contribution in [2.75, 3.05) is 16.4 Å². The first kappa shape index (κ1) is 22.0. The molecule has 0 radical (unpaired) electrons. The molecule has 2 N–H and O–H groups in total. The number of fused-ring (bicyclic) bond motifs is 1. The van der Waals surface area contributed by atoms with Gasteiger partial charge in [0.25, 0.3) is 5.91 Å². The predicted molar refractivity (Wildman–Crippen MR) is 134 cm³/mol. The molecule has 5 nitrogen and oxygen atoms in total. The van der Waals surface area contributed by atoms with E-state index in [1.165, 1.54) is 23.1 Å². The Kier molecular flexibility index (Phi) is 6.58. The number of nitrogens with zero attached hydrogens (tertiary/aromatic N) is 1. The Labute approximate surface area is 195 Å². The average molecular weight is 462 g/mol. The summed E-state index contributed by atoms with van der Waals surface area (Å²) in [6, 6.07) is 19.0. The van der Waals surface area contributed by atoms with E-state index in [1.54, 1.807) is 0 Å². The van der Waals surface area contributed by atoms with E-state index in [4.69, 9.17) is 0 Å². The molecule has 4 rings (SSSR count). The van der Waals surface area contributed by atoms with E-state index in [-0.39, 0.29) is 17.6 Å². The second-order valence-corrected chi connectivity index (χ2v) is 9.82.